The molecule has 13 aromatic rings. The zero-order valence-electron chi connectivity index (χ0n) is 70.0. The van der Waals surface area contributed by atoms with Gasteiger partial charge in [0.15, 0.2) is 21.7 Å². The molecule has 11 heterocycles. The van der Waals surface area contributed by atoms with E-state index in [1.807, 2.05) is 29.0 Å². The molecule has 2 saturated heterocycles. The van der Waals surface area contributed by atoms with E-state index >= 15 is 0 Å². The highest BCUT2D eigenvalue weighted by Crippen LogP contribution is 2.45. The van der Waals surface area contributed by atoms with Crippen molar-refractivity contribution in [3.8, 4) is 56.5 Å². The summed E-state index contributed by atoms with van der Waals surface area (Å²) in [5.41, 5.74) is 12.4. The number of halogens is 19. The zero-order valence-corrected chi connectivity index (χ0v) is 73.2. The van der Waals surface area contributed by atoms with Crippen molar-refractivity contribution in [1.29, 1.82) is 0 Å². The van der Waals surface area contributed by atoms with Gasteiger partial charge in [-0.15, -0.1) is 0 Å². The highest BCUT2D eigenvalue weighted by Gasteiger charge is 2.56. The van der Waals surface area contributed by atoms with Gasteiger partial charge < -0.3 is 45.9 Å². The molecule has 2 aliphatic heterocycles. The Morgan fingerprint density at radius 3 is 1.05 bits per heavy atom. The van der Waals surface area contributed by atoms with Gasteiger partial charge >= 0.3 is 52.2 Å². The summed E-state index contributed by atoms with van der Waals surface area (Å²) >= 11 is 5.20. The quantitative estimate of drug-likeness (QED) is 0.0286. The average molecular weight is 1940 g/mol. The Morgan fingerprint density at radius 2 is 0.692 bits per heavy atom. The third-order valence-corrected chi connectivity index (χ3v) is 22.0. The van der Waals surface area contributed by atoms with Crippen LogP contribution >= 0.6 is 22.3 Å². The molecule has 0 saturated carbocycles. The van der Waals surface area contributed by atoms with Crippen LogP contribution in [0, 0.1) is 11.9 Å². The number of anilines is 4. The molecule has 0 unspecified atom stereocenters. The van der Waals surface area contributed by atoms with Gasteiger partial charge in [-0.25, -0.2) is 68.2 Å². The maximum absolute atomic E-state index is 13.8. The minimum absolute atomic E-state index is 0.0109. The van der Waals surface area contributed by atoms with Crippen LogP contribution in [0.1, 0.15) is 83.5 Å². The number of benzene rings is 4. The molecule has 26 nitrogen and oxygen atoms in total. The first-order chi connectivity index (χ1) is 61.8. The molecule has 50 heteroatoms. The van der Waals surface area contributed by atoms with Crippen molar-refractivity contribution in [2.45, 2.75) is 119 Å². The molecule has 4 aromatic carbocycles. The van der Waals surface area contributed by atoms with E-state index in [4.69, 9.17) is 58.1 Å². The van der Waals surface area contributed by atoms with Crippen LogP contribution in [0.5, 0.6) is 0 Å². The summed E-state index contributed by atoms with van der Waals surface area (Å²) in [6, 6.07) is 44.6. The molecule has 0 radical (unpaired) electrons. The van der Waals surface area contributed by atoms with E-state index in [1.54, 1.807) is 42.5 Å². The molecule has 0 bridgehead atoms. The van der Waals surface area contributed by atoms with E-state index in [2.05, 4.69) is 115 Å². The number of aromatic nitrogens is 12. The Bertz CT molecular complexity index is 6360. The summed E-state index contributed by atoms with van der Waals surface area (Å²) < 4.78 is 290. The maximum atomic E-state index is 13.8. The number of nitrogen functional groups attached to an aromatic ring is 3. The summed E-state index contributed by atoms with van der Waals surface area (Å²) in [7, 11) is -6.20. The van der Waals surface area contributed by atoms with Gasteiger partial charge in [0, 0.05) is 75.7 Å². The van der Waals surface area contributed by atoms with Crippen molar-refractivity contribution in [3.05, 3.63) is 282 Å². The Balaban J connectivity index is 0.000000181. The van der Waals surface area contributed by atoms with Gasteiger partial charge in [-0.05, 0) is 163 Å². The number of pyridine rings is 6. The molecule has 9 aromatic heterocycles. The lowest BCUT2D eigenvalue weighted by Gasteiger charge is -2.32. The molecule has 0 amide bonds. The third kappa shape index (κ3) is 27.6. The van der Waals surface area contributed by atoms with Crippen LogP contribution in [0.15, 0.2) is 247 Å². The van der Waals surface area contributed by atoms with Gasteiger partial charge in [0.05, 0.1) is 61.7 Å². The number of hydrogen-bond acceptors (Lipinski definition) is 25. The molecular formula is C83H72B3Cl2F17N16O10S2. The lowest BCUT2D eigenvalue weighted by Crippen LogP contribution is -2.51. The molecule has 0 aliphatic carbocycles. The van der Waals surface area contributed by atoms with E-state index in [0.717, 1.165) is 96.1 Å². The predicted molar refractivity (Wildman–Crippen MR) is 461 cm³/mol. The van der Waals surface area contributed by atoms with Crippen LogP contribution in [0.3, 0.4) is 0 Å². The summed E-state index contributed by atoms with van der Waals surface area (Å²) in [5.74, 6) is -3.04. The van der Waals surface area contributed by atoms with Crippen molar-refractivity contribution in [2.24, 2.45) is 0 Å². The van der Waals surface area contributed by atoms with E-state index in [0.29, 0.717) is 17.5 Å². The van der Waals surface area contributed by atoms with Crippen LogP contribution in [0.25, 0.3) is 56.5 Å². The number of hydrogen-bond donors (Lipinski definition) is 6. The van der Waals surface area contributed by atoms with Crippen LogP contribution in [-0.4, -0.2) is 130 Å². The fourth-order valence-electron chi connectivity index (χ4n) is 11.6. The molecule has 2 aliphatic rings. The largest absolute Gasteiger partial charge is 0.494 e. The lowest BCUT2D eigenvalue weighted by atomic mass is 9.65. The van der Waals surface area contributed by atoms with Crippen LogP contribution < -0.4 is 38.3 Å². The zero-order chi connectivity index (χ0) is 98.4. The smallest absolute Gasteiger partial charge is 0.423 e. The fraction of sp³-hybridized carbons (Fsp3) is 0.205. The van der Waals surface area contributed by atoms with Crippen molar-refractivity contribution in [3.63, 3.8) is 0 Å². The first kappa shape index (κ1) is 104. The summed E-state index contributed by atoms with van der Waals surface area (Å²) in [6.45, 7) is 16.5. The lowest BCUT2D eigenvalue weighted by molar-refractivity contribution is -0.145. The Hall–Kier alpha value is -12.5. The highest BCUT2D eigenvalue weighted by molar-refractivity contribution is 8.13. The minimum atomic E-state index is -4.78. The molecule has 2 fully saturated rings. The Kier molecular flexibility index (Phi) is 33.0. The predicted octanol–water partition coefficient (Wildman–Crippen LogP) is 16.7. The van der Waals surface area contributed by atoms with E-state index in [9.17, 15) is 102 Å². The monoisotopic (exact) mass is 1940 g/mol. The van der Waals surface area contributed by atoms with Crippen LogP contribution in [0.2, 0.25) is 5.15 Å². The number of nitrogens with two attached hydrogens (primary N) is 3. The molecule has 0 atom stereocenters. The first-order valence-electron chi connectivity index (χ1n) is 38.1. The van der Waals surface area contributed by atoms with Gasteiger partial charge in [0.25, 0.3) is 19.1 Å². The SMILES string of the molecule is CC1(C)OB(c2ccccc2B2OC(C)(C)C(C)(C)O2)OC1(C)C.FC(F)(F)c1ncccn1.Nc1ccc(C(F)(F)F)c(-c2ccccc2-c2ncccn2)n1.Nc1ccc(C(F)(F)F)c(-c2ccccc2B(O)O)n1.Nc1ccc(C(F)(F)F)c(Cl)n1.O=S(=O)(Cl)c1cccc(F)n1.O=S(=O)(Nc1ccc(C(F)(F)F)c(-c2ccccc2-c2ncccn2)n1)c1cccc(F)n1. The van der Waals surface area contributed by atoms with Gasteiger partial charge in [0.2, 0.25) is 17.7 Å². The second kappa shape index (κ2) is 42.1. The van der Waals surface area contributed by atoms with E-state index in [1.165, 1.54) is 79.4 Å². The minimum Gasteiger partial charge on any atom is -0.423 e. The molecule has 15 rings (SSSR count). The normalized spacial score (nSPS) is 14.4. The summed E-state index contributed by atoms with van der Waals surface area (Å²) in [6.07, 6.45) is -14.8. The number of alkyl halides is 15. The Labute approximate surface area is 758 Å². The standard InChI is InChI=1S/C21H13F4N5O2S.C18H28B2O4.C16H11F3N4.C12H10BF3N2O2.C6H4ClF3N2.C5H3ClFNO2S.C5H3F3N2/c22-16-7-3-8-18(28-16)33(31,32)30-17-10-9-15(21(23,24)25)19(29-17)13-5-1-2-6-14(13)20-26-11-4-12-27-20;1-15(2)16(3,4)22-19(21-15)13-11-9-10-12-14(13)20-23-17(5,6)18(7,8)24-20;17-16(18,19)12-6-7-13(20)23-14(12)10-4-1-2-5-11(10)15-21-8-3-9-22-15;14-12(15,16)8-5-6-10(17)18-11(8)7-3-1-2-4-9(7)13(19)20;7-5-3(6(8,9)10)1-2-4(11)12-5;6-11(9,10)5-3-1-2-4(7)8-5;6-5(7,8)4-9-2-1-3-10-4/h1-12H,(H,29,30);9-12H,1-8H3;1-9H,(H2,20,23);1-6,19-20H,(H2,17,18);1-2H,(H2,11,12);1-3H;1-3H. The molecule has 0 spiro atoms. The molecular weight excluding hydrogens is 1870 g/mol. The third-order valence-electron chi connectivity index (χ3n) is 19.3. The second-order valence-electron chi connectivity index (χ2n) is 29.6. The van der Waals surface area contributed by atoms with Crippen molar-refractivity contribution < 1.29 is 120 Å². The fourth-order valence-corrected chi connectivity index (χ4v) is 13.5. The topological polar surface area (TPSA) is 390 Å². The van der Waals surface area contributed by atoms with E-state index in [-0.39, 0.29) is 79.1 Å². The van der Waals surface area contributed by atoms with Gasteiger partial charge in [-0.3, -0.25) is 4.72 Å². The highest BCUT2D eigenvalue weighted by atomic mass is 35.7. The molecule has 698 valence electrons. The summed E-state index contributed by atoms with van der Waals surface area (Å²) in [4.78, 5) is 43.5. The Morgan fingerprint density at radius 1 is 0.368 bits per heavy atom. The van der Waals surface area contributed by atoms with Gasteiger partial charge in [0.1, 0.15) is 28.4 Å². The van der Waals surface area contributed by atoms with Crippen molar-refractivity contribution in [1.82, 2.24) is 59.8 Å². The first-order valence-corrected chi connectivity index (χ1v) is 42.3. The van der Waals surface area contributed by atoms with Crippen molar-refractivity contribution in [2.75, 3.05) is 21.9 Å². The number of nitrogens with one attached hydrogen (secondary N) is 1. The van der Waals surface area contributed by atoms with Crippen LogP contribution in [-0.2, 0) is 68.6 Å². The number of sulfonamides is 1. The van der Waals surface area contributed by atoms with Crippen molar-refractivity contribution >= 4 is 102 Å². The number of nitrogens with zero attached hydrogens (tertiary/aromatic N) is 12. The average Bonchev–Trinajstić information content (AvgIpc) is 1.60. The molecule has 9 N–H and O–H groups in total. The molecule has 133 heavy (non-hydrogen) atoms. The maximum Gasteiger partial charge on any atom is 0.494 e. The van der Waals surface area contributed by atoms with Gasteiger partial charge in [-0.2, -0.15) is 83.1 Å². The number of rotatable bonds is 12. The second-order valence-corrected chi connectivity index (χ2v) is 34.1. The van der Waals surface area contributed by atoms with E-state index < -0.39 is 144 Å². The van der Waals surface area contributed by atoms with Crippen LogP contribution in [0.4, 0.5) is 97.9 Å². The summed E-state index contributed by atoms with van der Waals surface area (Å²) in [5, 5.41) is 16.7. The van der Waals surface area contributed by atoms with Gasteiger partial charge in [-0.1, -0.05) is 121 Å².